The molecule has 0 spiro atoms. The van der Waals surface area contributed by atoms with E-state index >= 15 is 0 Å². The SMILES string of the molecule is COc1cccc(-c2noc(C(C)C3CNC3)n2)c1. The van der Waals surface area contributed by atoms with Crippen LogP contribution >= 0.6 is 0 Å². The van der Waals surface area contributed by atoms with Gasteiger partial charge in [-0.1, -0.05) is 24.2 Å². The van der Waals surface area contributed by atoms with E-state index in [9.17, 15) is 0 Å². The Labute approximate surface area is 112 Å². The quantitative estimate of drug-likeness (QED) is 0.910. The standard InChI is InChI=1S/C14H17N3O2/c1-9(11-7-15-8-11)14-16-13(17-19-14)10-4-3-5-12(6-10)18-2/h3-6,9,11,15H,7-8H2,1-2H3. The van der Waals surface area contributed by atoms with Crippen molar-refractivity contribution in [3.05, 3.63) is 30.2 Å². The second kappa shape index (κ2) is 5.01. The summed E-state index contributed by atoms with van der Waals surface area (Å²) >= 11 is 0. The van der Waals surface area contributed by atoms with Crippen LogP contribution in [0.4, 0.5) is 0 Å². The molecule has 1 aromatic carbocycles. The van der Waals surface area contributed by atoms with Crippen LogP contribution in [0, 0.1) is 5.92 Å². The van der Waals surface area contributed by atoms with Crippen molar-refractivity contribution in [3.8, 4) is 17.1 Å². The predicted molar refractivity (Wildman–Crippen MR) is 71.1 cm³/mol. The molecule has 1 saturated heterocycles. The Morgan fingerprint density at radius 2 is 2.26 bits per heavy atom. The van der Waals surface area contributed by atoms with Crippen LogP contribution in [-0.2, 0) is 0 Å². The monoisotopic (exact) mass is 259 g/mol. The minimum absolute atomic E-state index is 0.299. The van der Waals surface area contributed by atoms with Gasteiger partial charge in [-0.3, -0.25) is 0 Å². The molecule has 0 aliphatic carbocycles. The third-order valence-corrected chi connectivity index (χ3v) is 3.68. The Balaban J connectivity index is 1.83. The molecule has 2 heterocycles. The van der Waals surface area contributed by atoms with E-state index in [0.29, 0.717) is 23.6 Å². The van der Waals surface area contributed by atoms with Crippen molar-refractivity contribution in [1.82, 2.24) is 15.5 Å². The number of methoxy groups -OCH3 is 1. The molecule has 5 nitrogen and oxygen atoms in total. The lowest BCUT2D eigenvalue weighted by Crippen LogP contribution is -2.44. The van der Waals surface area contributed by atoms with Gasteiger partial charge in [-0.25, -0.2) is 0 Å². The van der Waals surface area contributed by atoms with Crippen molar-refractivity contribution in [1.29, 1.82) is 0 Å². The Hall–Kier alpha value is -1.88. The molecule has 0 saturated carbocycles. The summed E-state index contributed by atoms with van der Waals surface area (Å²) in [5.41, 5.74) is 0.910. The van der Waals surface area contributed by atoms with Crippen molar-refractivity contribution < 1.29 is 9.26 Å². The number of benzene rings is 1. The highest BCUT2D eigenvalue weighted by Crippen LogP contribution is 2.28. The van der Waals surface area contributed by atoms with Crippen molar-refractivity contribution in [2.75, 3.05) is 20.2 Å². The van der Waals surface area contributed by atoms with Crippen LogP contribution in [0.25, 0.3) is 11.4 Å². The van der Waals surface area contributed by atoms with Crippen LogP contribution in [0.3, 0.4) is 0 Å². The zero-order valence-electron chi connectivity index (χ0n) is 11.1. The summed E-state index contributed by atoms with van der Waals surface area (Å²) in [6, 6.07) is 7.67. The minimum atomic E-state index is 0.299. The maximum atomic E-state index is 5.38. The van der Waals surface area contributed by atoms with Crippen LogP contribution < -0.4 is 10.1 Å². The average molecular weight is 259 g/mol. The van der Waals surface area contributed by atoms with Crippen molar-refractivity contribution in [2.45, 2.75) is 12.8 Å². The second-order valence-corrected chi connectivity index (χ2v) is 4.90. The van der Waals surface area contributed by atoms with Gasteiger partial charge in [0.15, 0.2) is 0 Å². The van der Waals surface area contributed by atoms with Crippen LogP contribution in [0.5, 0.6) is 5.75 Å². The Bertz CT molecular complexity index is 563. The summed E-state index contributed by atoms with van der Waals surface area (Å²) in [5, 5.41) is 7.32. The van der Waals surface area contributed by atoms with Gasteiger partial charge in [0, 0.05) is 11.5 Å². The van der Waals surface area contributed by atoms with E-state index < -0.39 is 0 Å². The molecular formula is C14H17N3O2. The third-order valence-electron chi connectivity index (χ3n) is 3.68. The van der Waals surface area contributed by atoms with Gasteiger partial charge in [0.05, 0.1) is 7.11 Å². The first-order valence-electron chi connectivity index (χ1n) is 6.46. The van der Waals surface area contributed by atoms with Gasteiger partial charge >= 0.3 is 0 Å². The predicted octanol–water partition coefficient (Wildman–Crippen LogP) is 2.07. The largest absolute Gasteiger partial charge is 0.497 e. The summed E-state index contributed by atoms with van der Waals surface area (Å²) in [4.78, 5) is 4.50. The molecule has 2 aromatic rings. The first-order valence-corrected chi connectivity index (χ1v) is 6.46. The van der Waals surface area contributed by atoms with Gasteiger partial charge in [-0.05, 0) is 31.1 Å². The zero-order chi connectivity index (χ0) is 13.2. The smallest absolute Gasteiger partial charge is 0.230 e. The van der Waals surface area contributed by atoms with E-state index in [1.165, 1.54) is 0 Å². The number of rotatable bonds is 4. The summed E-state index contributed by atoms with van der Waals surface area (Å²) in [7, 11) is 1.65. The first kappa shape index (κ1) is 12.2. The lowest BCUT2D eigenvalue weighted by molar-refractivity contribution is 0.252. The summed E-state index contributed by atoms with van der Waals surface area (Å²) in [6.07, 6.45) is 0. The number of aromatic nitrogens is 2. The van der Waals surface area contributed by atoms with Crippen LogP contribution in [0.2, 0.25) is 0 Å². The molecule has 3 rings (SSSR count). The zero-order valence-corrected chi connectivity index (χ0v) is 11.1. The fourth-order valence-electron chi connectivity index (χ4n) is 2.17. The number of nitrogens with one attached hydrogen (secondary N) is 1. The van der Waals surface area contributed by atoms with E-state index in [4.69, 9.17) is 9.26 Å². The Kier molecular flexibility index (Phi) is 3.21. The van der Waals surface area contributed by atoms with E-state index in [1.54, 1.807) is 7.11 Å². The number of nitrogens with zero attached hydrogens (tertiary/aromatic N) is 2. The van der Waals surface area contributed by atoms with Crippen molar-refractivity contribution in [3.63, 3.8) is 0 Å². The normalized spacial score (nSPS) is 16.9. The lowest BCUT2D eigenvalue weighted by atomic mass is 9.89. The van der Waals surface area contributed by atoms with Crippen LogP contribution in [-0.4, -0.2) is 30.3 Å². The first-order chi connectivity index (χ1) is 9.28. The molecule has 1 aromatic heterocycles. The van der Waals surface area contributed by atoms with Gasteiger partial charge in [0.25, 0.3) is 0 Å². The van der Waals surface area contributed by atoms with Crippen LogP contribution in [0.1, 0.15) is 18.7 Å². The molecule has 1 atom stereocenters. The average Bonchev–Trinajstić information content (AvgIpc) is 2.86. The van der Waals surface area contributed by atoms with Crippen molar-refractivity contribution in [2.24, 2.45) is 5.92 Å². The van der Waals surface area contributed by atoms with E-state index in [-0.39, 0.29) is 0 Å². The van der Waals surface area contributed by atoms with Gasteiger partial charge in [-0.15, -0.1) is 0 Å². The molecule has 1 fully saturated rings. The molecule has 100 valence electrons. The molecule has 5 heteroatoms. The molecular weight excluding hydrogens is 242 g/mol. The molecule has 0 amide bonds. The number of hydrogen-bond acceptors (Lipinski definition) is 5. The molecule has 1 N–H and O–H groups in total. The summed E-state index contributed by atoms with van der Waals surface area (Å²) < 4.78 is 10.6. The molecule has 1 aliphatic rings. The summed E-state index contributed by atoms with van der Waals surface area (Å²) in [6.45, 7) is 4.18. The minimum Gasteiger partial charge on any atom is -0.497 e. The van der Waals surface area contributed by atoms with E-state index in [1.807, 2.05) is 24.3 Å². The lowest BCUT2D eigenvalue weighted by Gasteiger charge is -2.30. The van der Waals surface area contributed by atoms with E-state index in [0.717, 1.165) is 24.4 Å². The molecule has 0 radical (unpaired) electrons. The van der Waals surface area contributed by atoms with Gasteiger partial charge < -0.3 is 14.6 Å². The maximum Gasteiger partial charge on any atom is 0.230 e. The van der Waals surface area contributed by atoms with Gasteiger partial charge in [0.2, 0.25) is 11.7 Å². The second-order valence-electron chi connectivity index (χ2n) is 4.90. The third kappa shape index (κ3) is 2.33. The number of ether oxygens (including phenoxy) is 1. The fraction of sp³-hybridized carbons (Fsp3) is 0.429. The Morgan fingerprint density at radius 3 is 2.95 bits per heavy atom. The van der Waals surface area contributed by atoms with Crippen molar-refractivity contribution >= 4 is 0 Å². The topological polar surface area (TPSA) is 60.2 Å². The molecule has 1 unspecified atom stereocenters. The maximum absolute atomic E-state index is 5.38. The van der Waals surface area contributed by atoms with Gasteiger partial charge in [0.1, 0.15) is 5.75 Å². The van der Waals surface area contributed by atoms with Gasteiger partial charge in [-0.2, -0.15) is 4.98 Å². The highest BCUT2D eigenvalue weighted by molar-refractivity contribution is 5.56. The van der Waals surface area contributed by atoms with E-state index in [2.05, 4.69) is 22.4 Å². The van der Waals surface area contributed by atoms with Crippen LogP contribution in [0.15, 0.2) is 28.8 Å². The molecule has 1 aliphatic heterocycles. The molecule has 19 heavy (non-hydrogen) atoms. The summed E-state index contributed by atoms with van der Waals surface area (Å²) in [5.74, 6) is 3.02. The molecule has 0 bridgehead atoms. The number of hydrogen-bond donors (Lipinski definition) is 1. The fourth-order valence-corrected chi connectivity index (χ4v) is 2.17. The highest BCUT2D eigenvalue weighted by atomic mass is 16.5. The highest BCUT2D eigenvalue weighted by Gasteiger charge is 2.28. The Morgan fingerprint density at radius 1 is 1.42 bits per heavy atom.